The number of nitrogens with one attached hydrogen (secondary N) is 2. The van der Waals surface area contributed by atoms with E-state index in [2.05, 4.69) is 22.2 Å². The molecule has 53 heavy (non-hydrogen) atoms. The number of likely N-dealkylation sites (N-methyl/N-ethyl adjacent to an activating group) is 1. The number of hydrogen-bond acceptors (Lipinski definition) is 8. The number of nitrogens with zero attached hydrogens (tertiary/aromatic N) is 3. The quantitative estimate of drug-likeness (QED) is 0.159. The smallest absolute Gasteiger partial charge is 0.315 e. The van der Waals surface area contributed by atoms with Crippen molar-refractivity contribution in [3.05, 3.63) is 37.1 Å². The molecule has 1 saturated heterocycles. The van der Waals surface area contributed by atoms with Gasteiger partial charge in [-0.05, 0) is 66.4 Å². The number of fused-ring (bicyclic) bond motifs is 1. The van der Waals surface area contributed by atoms with E-state index in [1.54, 1.807) is 23.1 Å². The maximum atomic E-state index is 14.6. The Kier molecular flexibility index (Phi) is 13.8. The highest BCUT2D eigenvalue weighted by molar-refractivity contribution is 7.89. The van der Waals surface area contributed by atoms with Gasteiger partial charge in [0.1, 0.15) is 6.04 Å². The number of likely N-dealkylation sites (tertiary alicyclic amines) is 1. The topological polar surface area (TPSA) is 163 Å². The standard InChI is InChI=1S/C40H61N5O7S/c1-9-10-19-30(46)35(48)28(22-26-15-13-16-26)23-31(47)34-29-18-14-17-27(29)24-45(34)37(49)36(40(5,6)7)43-38(50)42-32(39(2,3)4)25-44(8)53(51,52)33-20-11-12-21-41-33/h9,11-12,20-21,26-29,32,34,36H,1,10,13-19,22-25H2,2-8H3,(H2,42,43,50)/t27-,28?,29-,32+,34-,36+/m0/s1. The molecule has 2 aliphatic carbocycles. The highest BCUT2D eigenvalue weighted by Gasteiger charge is 2.52. The monoisotopic (exact) mass is 755 g/mol. The molecule has 1 aliphatic heterocycles. The van der Waals surface area contributed by atoms with Gasteiger partial charge in [-0.2, -0.15) is 4.31 Å². The molecule has 13 heteroatoms. The van der Waals surface area contributed by atoms with Gasteiger partial charge in [0.25, 0.3) is 10.0 Å². The molecule has 12 nitrogen and oxygen atoms in total. The van der Waals surface area contributed by atoms with Gasteiger partial charge in [0, 0.05) is 51.1 Å². The van der Waals surface area contributed by atoms with Crippen molar-refractivity contribution in [2.45, 2.75) is 129 Å². The third-order valence-corrected chi connectivity index (χ3v) is 13.2. The number of carbonyl (C=O) groups excluding carboxylic acids is 5. The second kappa shape index (κ2) is 17.3. The van der Waals surface area contributed by atoms with E-state index in [4.69, 9.17) is 0 Å². The van der Waals surface area contributed by atoms with E-state index >= 15 is 0 Å². The van der Waals surface area contributed by atoms with Crippen LogP contribution < -0.4 is 10.6 Å². The summed E-state index contributed by atoms with van der Waals surface area (Å²) in [6.45, 7) is 15.2. The fourth-order valence-electron chi connectivity index (χ4n) is 8.00. The summed E-state index contributed by atoms with van der Waals surface area (Å²) in [6, 6.07) is 1.60. The van der Waals surface area contributed by atoms with Crippen LogP contribution in [-0.2, 0) is 29.2 Å². The molecule has 0 radical (unpaired) electrons. The zero-order valence-electron chi connectivity index (χ0n) is 32.7. The SMILES string of the molecule is C=CCCC(=O)C(=O)C(CC(=O)[C@@H]1[C@H]2CCC[C@H]2CN1C(=O)[C@@H](NC(=O)N[C@H](CN(C)S(=O)(=O)c1ccccn1)C(C)(C)C)C(C)(C)C)CC1CCC1. The molecule has 3 aliphatic rings. The Hall–Kier alpha value is -3.45. The number of hydrogen-bond donors (Lipinski definition) is 2. The number of rotatable bonds is 17. The highest BCUT2D eigenvalue weighted by atomic mass is 32.2. The Morgan fingerprint density at radius 2 is 1.68 bits per heavy atom. The number of amides is 3. The summed E-state index contributed by atoms with van der Waals surface area (Å²) in [5, 5.41) is 5.74. The van der Waals surface area contributed by atoms with Gasteiger partial charge in [-0.15, -0.1) is 6.58 Å². The van der Waals surface area contributed by atoms with Crippen molar-refractivity contribution in [3.8, 4) is 0 Å². The minimum Gasteiger partial charge on any atom is -0.334 e. The Labute approximate surface area is 316 Å². The molecule has 0 spiro atoms. The molecule has 4 rings (SSSR count). The molecule has 294 valence electrons. The summed E-state index contributed by atoms with van der Waals surface area (Å²) in [4.78, 5) is 74.6. The van der Waals surface area contributed by atoms with Crippen LogP contribution in [0.4, 0.5) is 4.79 Å². The van der Waals surface area contributed by atoms with Crippen LogP contribution in [0.2, 0.25) is 0 Å². The van der Waals surface area contributed by atoms with Crippen LogP contribution >= 0.6 is 0 Å². The summed E-state index contributed by atoms with van der Waals surface area (Å²) >= 11 is 0. The van der Waals surface area contributed by atoms with E-state index in [-0.39, 0.29) is 47.9 Å². The van der Waals surface area contributed by atoms with Gasteiger partial charge in [0.05, 0.1) is 6.04 Å². The number of urea groups is 1. The molecule has 6 atom stereocenters. The Morgan fingerprint density at radius 1 is 1.00 bits per heavy atom. The molecule has 2 saturated carbocycles. The van der Waals surface area contributed by atoms with Crippen molar-refractivity contribution in [2.24, 2.45) is 34.5 Å². The summed E-state index contributed by atoms with van der Waals surface area (Å²) in [5.74, 6) is -1.84. The molecule has 3 amide bonds. The molecule has 3 fully saturated rings. The second-order valence-corrected chi connectivity index (χ2v) is 19.6. The first-order chi connectivity index (χ1) is 24.7. The van der Waals surface area contributed by atoms with Gasteiger partial charge < -0.3 is 15.5 Å². The predicted molar refractivity (Wildman–Crippen MR) is 203 cm³/mol. The summed E-state index contributed by atoms with van der Waals surface area (Å²) < 4.78 is 27.7. The second-order valence-electron chi connectivity index (χ2n) is 17.6. The van der Waals surface area contributed by atoms with Crippen LogP contribution in [0.1, 0.15) is 106 Å². The van der Waals surface area contributed by atoms with Gasteiger partial charge in [-0.25, -0.2) is 18.2 Å². The summed E-state index contributed by atoms with van der Waals surface area (Å²) in [7, 11) is -2.50. The zero-order chi connectivity index (χ0) is 39.3. The van der Waals surface area contributed by atoms with Crippen LogP contribution in [0.5, 0.6) is 0 Å². The highest BCUT2D eigenvalue weighted by Crippen LogP contribution is 2.44. The van der Waals surface area contributed by atoms with Gasteiger partial charge in [-0.3, -0.25) is 19.2 Å². The molecular weight excluding hydrogens is 695 g/mol. The minimum atomic E-state index is -3.94. The molecule has 0 aromatic carbocycles. The van der Waals surface area contributed by atoms with Crippen molar-refractivity contribution >= 4 is 39.3 Å². The number of ketones is 3. The van der Waals surface area contributed by atoms with Crippen molar-refractivity contribution in [1.29, 1.82) is 0 Å². The Bertz CT molecular complexity index is 1610. The number of carbonyl (C=O) groups is 5. The van der Waals surface area contributed by atoms with E-state index < -0.39 is 62.5 Å². The number of Topliss-reactive ketones (excluding diaryl/α,β-unsaturated/α-hetero) is 3. The first kappa shape index (κ1) is 42.3. The average molecular weight is 756 g/mol. The molecule has 0 bridgehead atoms. The van der Waals surface area contributed by atoms with Crippen molar-refractivity contribution < 1.29 is 32.4 Å². The van der Waals surface area contributed by atoms with Crippen LogP contribution in [0.15, 0.2) is 42.1 Å². The Balaban J connectivity index is 1.53. The van der Waals surface area contributed by atoms with Crippen LogP contribution in [0.25, 0.3) is 0 Å². The number of aromatic nitrogens is 1. The minimum absolute atomic E-state index is 0.0429. The molecule has 1 aromatic rings. The first-order valence-electron chi connectivity index (χ1n) is 19.2. The molecule has 1 unspecified atom stereocenters. The lowest BCUT2D eigenvalue weighted by Gasteiger charge is -2.38. The van der Waals surface area contributed by atoms with Crippen molar-refractivity contribution in [2.75, 3.05) is 20.1 Å². The van der Waals surface area contributed by atoms with Gasteiger partial charge in [0.15, 0.2) is 16.6 Å². The third kappa shape index (κ3) is 10.4. The lowest BCUT2D eigenvalue weighted by atomic mass is 9.75. The normalized spacial score (nSPS) is 22.3. The van der Waals surface area contributed by atoms with E-state index in [0.717, 1.165) is 42.8 Å². The predicted octanol–water partition coefficient (Wildman–Crippen LogP) is 5.33. The lowest BCUT2D eigenvalue weighted by molar-refractivity contribution is -0.144. The summed E-state index contributed by atoms with van der Waals surface area (Å²) in [6.07, 6.45) is 9.56. The van der Waals surface area contributed by atoms with Gasteiger partial charge in [-0.1, -0.05) is 79.4 Å². The fraction of sp³-hybridized carbons (Fsp3) is 0.700. The van der Waals surface area contributed by atoms with Crippen LogP contribution in [0.3, 0.4) is 0 Å². The molecular formula is C40H61N5O7S. The number of sulfonamides is 1. The lowest BCUT2D eigenvalue weighted by Crippen LogP contribution is -2.61. The van der Waals surface area contributed by atoms with Crippen LogP contribution in [0, 0.1) is 34.5 Å². The molecule has 2 heterocycles. The van der Waals surface area contributed by atoms with E-state index in [0.29, 0.717) is 25.3 Å². The number of allylic oxidation sites excluding steroid dienone is 1. The van der Waals surface area contributed by atoms with Crippen LogP contribution in [-0.4, -0.2) is 90.2 Å². The van der Waals surface area contributed by atoms with E-state index in [9.17, 15) is 32.4 Å². The first-order valence-corrected chi connectivity index (χ1v) is 20.6. The van der Waals surface area contributed by atoms with Crippen molar-refractivity contribution in [1.82, 2.24) is 24.8 Å². The Morgan fingerprint density at radius 3 is 2.25 bits per heavy atom. The maximum Gasteiger partial charge on any atom is 0.315 e. The van der Waals surface area contributed by atoms with Crippen molar-refractivity contribution in [3.63, 3.8) is 0 Å². The summed E-state index contributed by atoms with van der Waals surface area (Å²) in [5.41, 5.74) is -1.33. The van der Waals surface area contributed by atoms with Gasteiger partial charge in [0.2, 0.25) is 11.7 Å². The average Bonchev–Trinajstić information content (AvgIpc) is 3.67. The largest absolute Gasteiger partial charge is 0.334 e. The van der Waals surface area contributed by atoms with Gasteiger partial charge >= 0.3 is 6.03 Å². The zero-order valence-corrected chi connectivity index (χ0v) is 33.5. The molecule has 2 N–H and O–H groups in total. The molecule has 1 aromatic heterocycles. The number of pyridine rings is 1. The maximum absolute atomic E-state index is 14.6. The van der Waals surface area contributed by atoms with E-state index in [1.165, 1.54) is 19.3 Å². The third-order valence-electron chi connectivity index (χ3n) is 11.5. The van der Waals surface area contributed by atoms with E-state index in [1.807, 2.05) is 41.5 Å². The fourth-order valence-corrected chi connectivity index (χ4v) is 9.11.